The van der Waals surface area contributed by atoms with E-state index in [4.69, 9.17) is 37.4 Å². The Morgan fingerprint density at radius 2 is 1.90 bits per heavy atom. The predicted octanol–water partition coefficient (Wildman–Crippen LogP) is 6.82. The third kappa shape index (κ3) is 5.62. The van der Waals surface area contributed by atoms with Crippen LogP contribution in [-0.4, -0.2) is 52.9 Å². The van der Waals surface area contributed by atoms with Crippen LogP contribution in [0.4, 0.5) is 0 Å². The van der Waals surface area contributed by atoms with Crippen molar-refractivity contribution in [3.63, 3.8) is 0 Å². The van der Waals surface area contributed by atoms with E-state index in [1.165, 1.54) is 0 Å². The van der Waals surface area contributed by atoms with Gasteiger partial charge in [0.25, 0.3) is 0 Å². The Balaban J connectivity index is 1.45. The molecular weight excluding hydrogens is 537 g/mol. The quantitative estimate of drug-likeness (QED) is 0.250. The van der Waals surface area contributed by atoms with Gasteiger partial charge in [0, 0.05) is 42.0 Å². The van der Waals surface area contributed by atoms with Crippen LogP contribution >= 0.6 is 23.2 Å². The topological polar surface area (TPSA) is 96.3 Å². The van der Waals surface area contributed by atoms with E-state index in [1.807, 2.05) is 31.2 Å². The first-order valence-corrected chi connectivity index (χ1v) is 13.6. The summed E-state index contributed by atoms with van der Waals surface area (Å²) < 4.78 is 18.2. The van der Waals surface area contributed by atoms with E-state index in [2.05, 4.69) is 33.1 Å². The highest BCUT2D eigenvalue weighted by molar-refractivity contribution is 6.35. The SMILES string of the molecule is CCN1CCC(Oc2c(C#N)cc(-c3n[nH]c4ccc(O[C@H](C)c5c(Cl)cncc5Cl)cc34)cc2OC)CC1. The van der Waals surface area contributed by atoms with Crippen molar-refractivity contribution < 1.29 is 14.2 Å². The minimum Gasteiger partial charge on any atom is -0.493 e. The third-order valence-corrected chi connectivity index (χ3v) is 7.68. The molecule has 39 heavy (non-hydrogen) atoms. The molecule has 202 valence electrons. The van der Waals surface area contributed by atoms with E-state index >= 15 is 0 Å². The minimum absolute atomic E-state index is 0.0370. The second-order valence-electron chi connectivity index (χ2n) is 9.47. The third-order valence-electron chi connectivity index (χ3n) is 7.08. The maximum absolute atomic E-state index is 10.0. The number of aromatic nitrogens is 3. The maximum atomic E-state index is 10.0. The molecule has 0 spiro atoms. The molecule has 1 atom stereocenters. The Labute approximate surface area is 237 Å². The van der Waals surface area contributed by atoms with Crippen LogP contribution in [0, 0.1) is 11.3 Å². The average molecular weight is 566 g/mol. The van der Waals surface area contributed by atoms with Gasteiger partial charge in [-0.05, 0) is 56.6 Å². The van der Waals surface area contributed by atoms with Crippen LogP contribution < -0.4 is 14.2 Å². The Morgan fingerprint density at radius 3 is 2.56 bits per heavy atom. The first kappa shape index (κ1) is 27.1. The molecule has 4 aromatic rings. The first-order valence-electron chi connectivity index (χ1n) is 12.9. The van der Waals surface area contributed by atoms with Crippen LogP contribution in [0.25, 0.3) is 22.2 Å². The smallest absolute Gasteiger partial charge is 0.179 e. The van der Waals surface area contributed by atoms with Crippen molar-refractivity contribution in [2.75, 3.05) is 26.7 Å². The number of nitrogens with one attached hydrogen (secondary N) is 1. The molecule has 1 saturated heterocycles. The number of hydrogen-bond acceptors (Lipinski definition) is 7. The number of piperidine rings is 1. The summed E-state index contributed by atoms with van der Waals surface area (Å²) >= 11 is 12.7. The molecule has 0 radical (unpaired) electrons. The lowest BCUT2D eigenvalue weighted by Crippen LogP contribution is -2.38. The van der Waals surface area contributed by atoms with Gasteiger partial charge in [0.2, 0.25) is 0 Å². The van der Waals surface area contributed by atoms with Crippen molar-refractivity contribution in [3.8, 4) is 34.6 Å². The molecule has 0 bridgehead atoms. The summed E-state index contributed by atoms with van der Waals surface area (Å²) in [5.74, 6) is 1.59. The van der Waals surface area contributed by atoms with Crippen LogP contribution in [0.3, 0.4) is 0 Å². The average Bonchev–Trinajstić information content (AvgIpc) is 3.36. The highest BCUT2D eigenvalue weighted by Gasteiger charge is 2.24. The summed E-state index contributed by atoms with van der Waals surface area (Å²) in [7, 11) is 1.58. The Bertz CT molecular complexity index is 1510. The Morgan fingerprint density at radius 1 is 1.15 bits per heavy atom. The van der Waals surface area contributed by atoms with Crippen LogP contribution in [-0.2, 0) is 0 Å². The van der Waals surface area contributed by atoms with Crippen molar-refractivity contribution in [1.29, 1.82) is 5.26 Å². The number of nitriles is 1. The van der Waals surface area contributed by atoms with E-state index in [0.717, 1.165) is 48.9 Å². The highest BCUT2D eigenvalue weighted by atomic mass is 35.5. The number of benzene rings is 2. The zero-order chi connectivity index (χ0) is 27.5. The van der Waals surface area contributed by atoms with Gasteiger partial charge in [-0.3, -0.25) is 10.1 Å². The molecule has 3 heterocycles. The summed E-state index contributed by atoms with van der Waals surface area (Å²) in [5, 5.41) is 19.3. The van der Waals surface area contributed by atoms with Crippen LogP contribution in [0.2, 0.25) is 10.0 Å². The van der Waals surface area contributed by atoms with Crippen LogP contribution in [0.5, 0.6) is 17.2 Å². The van der Waals surface area contributed by atoms with E-state index < -0.39 is 6.10 Å². The maximum Gasteiger partial charge on any atom is 0.179 e. The van der Waals surface area contributed by atoms with Gasteiger partial charge in [-0.25, -0.2) is 0 Å². The lowest BCUT2D eigenvalue weighted by Gasteiger charge is -2.31. The van der Waals surface area contributed by atoms with E-state index in [9.17, 15) is 5.26 Å². The number of nitrogens with zero attached hydrogens (tertiary/aromatic N) is 4. The fourth-order valence-electron chi connectivity index (χ4n) is 4.96. The van der Waals surface area contributed by atoms with Crippen molar-refractivity contribution >= 4 is 34.1 Å². The second-order valence-corrected chi connectivity index (χ2v) is 10.3. The van der Waals surface area contributed by atoms with Crippen molar-refractivity contribution in [2.24, 2.45) is 0 Å². The predicted molar refractivity (Wildman–Crippen MR) is 152 cm³/mol. The van der Waals surface area contributed by atoms with Gasteiger partial charge < -0.3 is 19.1 Å². The number of methoxy groups -OCH3 is 1. The minimum atomic E-state index is -0.410. The lowest BCUT2D eigenvalue weighted by molar-refractivity contribution is 0.101. The number of rotatable bonds is 8. The Kier molecular flexibility index (Phi) is 8.12. The molecule has 8 nitrogen and oxygen atoms in total. The Hall–Kier alpha value is -3.51. The monoisotopic (exact) mass is 565 g/mol. The number of pyridine rings is 1. The molecule has 1 aliphatic rings. The molecule has 0 amide bonds. The second kappa shape index (κ2) is 11.7. The van der Waals surface area contributed by atoms with Gasteiger partial charge in [0.1, 0.15) is 29.7 Å². The van der Waals surface area contributed by atoms with Crippen molar-refractivity contribution in [2.45, 2.75) is 38.9 Å². The molecular formula is C29H29Cl2N5O3. The number of H-pyrrole nitrogens is 1. The number of aromatic amines is 1. The zero-order valence-electron chi connectivity index (χ0n) is 22.0. The van der Waals surface area contributed by atoms with E-state index in [1.54, 1.807) is 25.6 Å². The number of likely N-dealkylation sites (tertiary alicyclic amines) is 1. The van der Waals surface area contributed by atoms with Gasteiger partial charge in [-0.2, -0.15) is 10.4 Å². The molecule has 2 aromatic heterocycles. The fourth-order valence-corrected chi connectivity index (χ4v) is 5.64. The summed E-state index contributed by atoms with van der Waals surface area (Å²) in [6.45, 7) is 7.03. The molecule has 0 unspecified atom stereocenters. The van der Waals surface area contributed by atoms with Crippen molar-refractivity contribution in [3.05, 3.63) is 63.9 Å². The first-order chi connectivity index (χ1) is 18.9. The zero-order valence-corrected chi connectivity index (χ0v) is 23.5. The van der Waals surface area contributed by atoms with Gasteiger partial charge in [0.05, 0.1) is 28.2 Å². The molecule has 0 saturated carbocycles. The normalized spacial score (nSPS) is 15.2. The molecule has 1 aliphatic heterocycles. The summed E-state index contributed by atoms with van der Waals surface area (Å²) in [6.07, 6.45) is 4.53. The number of ether oxygens (including phenoxy) is 3. The lowest BCUT2D eigenvalue weighted by atomic mass is 10.0. The molecule has 10 heteroatoms. The number of fused-ring (bicyclic) bond motifs is 1. The molecule has 2 aromatic carbocycles. The number of halogens is 2. The molecule has 0 aliphatic carbocycles. The van der Waals surface area contributed by atoms with Gasteiger partial charge in [0.15, 0.2) is 11.5 Å². The van der Waals surface area contributed by atoms with Gasteiger partial charge >= 0.3 is 0 Å². The van der Waals surface area contributed by atoms with E-state index in [0.29, 0.717) is 44.1 Å². The largest absolute Gasteiger partial charge is 0.493 e. The molecule has 1 N–H and O–H groups in total. The van der Waals surface area contributed by atoms with Crippen LogP contribution in [0.15, 0.2) is 42.7 Å². The van der Waals surface area contributed by atoms with Gasteiger partial charge in [-0.15, -0.1) is 0 Å². The van der Waals surface area contributed by atoms with E-state index in [-0.39, 0.29) is 6.10 Å². The summed E-state index contributed by atoms with van der Waals surface area (Å²) in [6, 6.07) is 11.6. The molecule has 5 rings (SSSR count). The van der Waals surface area contributed by atoms with Gasteiger partial charge in [-0.1, -0.05) is 30.1 Å². The highest BCUT2D eigenvalue weighted by Crippen LogP contribution is 2.40. The van der Waals surface area contributed by atoms with Crippen molar-refractivity contribution in [1.82, 2.24) is 20.1 Å². The fraction of sp³-hybridized carbons (Fsp3) is 0.345. The number of hydrogen-bond donors (Lipinski definition) is 1. The summed E-state index contributed by atoms with van der Waals surface area (Å²) in [5.41, 5.74) is 3.29. The molecule has 1 fully saturated rings. The standard InChI is InChI=1S/C29H29Cl2N5O3/c1-4-36-9-7-20(8-10-36)39-29-19(14-32)11-18(12-26(29)37-3)28-22-13-21(5-6-25(22)34-35-28)38-17(2)27-23(30)15-33-16-24(27)31/h5-6,11-13,15-17,20H,4,7-10H2,1-3H3,(H,34,35)/t17-/m1/s1. The van der Waals surface area contributed by atoms with Crippen LogP contribution in [0.1, 0.15) is 43.9 Å². The summed E-state index contributed by atoms with van der Waals surface area (Å²) in [4.78, 5) is 6.41.